The first kappa shape index (κ1) is 22.2. The number of ether oxygens (including phenoxy) is 1. The molecule has 1 fully saturated rings. The number of anilines is 2. The van der Waals surface area contributed by atoms with Gasteiger partial charge in [-0.2, -0.15) is 0 Å². The lowest BCUT2D eigenvalue weighted by molar-refractivity contribution is -0.150. The minimum Gasteiger partial charge on any atom is -0.384 e. The Balaban J connectivity index is 1.48. The number of aliphatic hydroxyl groups is 1. The summed E-state index contributed by atoms with van der Waals surface area (Å²) in [6, 6.07) is 23.6. The van der Waals surface area contributed by atoms with Crippen LogP contribution < -0.4 is 16.0 Å². The van der Waals surface area contributed by atoms with Crippen molar-refractivity contribution in [2.24, 2.45) is 5.73 Å². The first-order chi connectivity index (χ1) is 15.9. The molecule has 2 unspecified atom stereocenters. The maximum atomic E-state index is 13.1. The standard InChI is InChI=1S/C25H24N4O4/c26-23(27)17-9-11-19(12-10-17)28-24(31)21(30)22-25(32)29(13-14-33-22)20-8-4-7-18(15-20)16-5-2-1-3-6-16/h1-12,15,21-22,30H,13-14H2,(H3,26,27)(H,28,31). The van der Waals surface area contributed by atoms with Gasteiger partial charge >= 0.3 is 0 Å². The smallest absolute Gasteiger partial charge is 0.259 e. The van der Waals surface area contributed by atoms with Crippen LogP contribution >= 0.6 is 0 Å². The van der Waals surface area contributed by atoms with Gasteiger partial charge in [0.2, 0.25) is 0 Å². The normalized spacial score (nSPS) is 16.8. The molecule has 8 heteroatoms. The van der Waals surface area contributed by atoms with E-state index in [1.807, 2.05) is 54.6 Å². The Morgan fingerprint density at radius 1 is 1.06 bits per heavy atom. The van der Waals surface area contributed by atoms with Gasteiger partial charge in [0, 0.05) is 23.5 Å². The van der Waals surface area contributed by atoms with Gasteiger partial charge in [0.05, 0.1) is 6.61 Å². The van der Waals surface area contributed by atoms with Crippen LogP contribution in [-0.2, 0) is 14.3 Å². The molecule has 2 atom stereocenters. The molecule has 0 radical (unpaired) electrons. The Labute approximate surface area is 191 Å². The summed E-state index contributed by atoms with van der Waals surface area (Å²) in [6.45, 7) is 0.498. The van der Waals surface area contributed by atoms with E-state index in [0.717, 1.165) is 11.1 Å². The molecule has 3 aromatic rings. The van der Waals surface area contributed by atoms with Crippen LogP contribution in [0.5, 0.6) is 0 Å². The zero-order valence-electron chi connectivity index (χ0n) is 17.8. The fraction of sp³-hybridized carbons (Fsp3) is 0.160. The lowest BCUT2D eigenvalue weighted by Crippen LogP contribution is -2.55. The SMILES string of the molecule is N=C(N)c1ccc(NC(=O)C(O)C2OCCN(c3cccc(-c4ccccc4)c3)C2=O)cc1. The molecule has 8 nitrogen and oxygen atoms in total. The molecule has 2 amide bonds. The third-order valence-corrected chi connectivity index (χ3v) is 5.41. The van der Waals surface area contributed by atoms with Gasteiger partial charge in [-0.15, -0.1) is 0 Å². The molecule has 0 spiro atoms. The van der Waals surface area contributed by atoms with Crippen LogP contribution in [0, 0.1) is 5.41 Å². The fourth-order valence-electron chi connectivity index (χ4n) is 3.66. The van der Waals surface area contributed by atoms with E-state index in [1.165, 1.54) is 4.90 Å². The highest BCUT2D eigenvalue weighted by Crippen LogP contribution is 2.27. The minimum atomic E-state index is -1.69. The first-order valence-electron chi connectivity index (χ1n) is 10.5. The number of hydrogen-bond donors (Lipinski definition) is 4. The number of nitrogen functional groups attached to an aromatic ring is 1. The largest absolute Gasteiger partial charge is 0.384 e. The molecule has 1 heterocycles. The predicted octanol–water partition coefficient (Wildman–Crippen LogP) is 2.37. The molecule has 4 rings (SSSR count). The Morgan fingerprint density at radius 2 is 1.76 bits per heavy atom. The zero-order chi connectivity index (χ0) is 23.4. The van der Waals surface area contributed by atoms with Gasteiger partial charge in [-0.05, 0) is 47.5 Å². The Bertz CT molecular complexity index is 1160. The monoisotopic (exact) mass is 444 g/mol. The molecule has 1 saturated heterocycles. The second kappa shape index (κ2) is 9.64. The Hall–Kier alpha value is -4.01. The third kappa shape index (κ3) is 4.92. The number of carbonyl (C=O) groups excluding carboxylic acids is 2. The van der Waals surface area contributed by atoms with Gasteiger partial charge in [0.25, 0.3) is 11.8 Å². The number of amidine groups is 1. The van der Waals surface area contributed by atoms with E-state index in [2.05, 4.69) is 5.32 Å². The summed E-state index contributed by atoms with van der Waals surface area (Å²) in [7, 11) is 0. The van der Waals surface area contributed by atoms with Gasteiger partial charge < -0.3 is 25.8 Å². The van der Waals surface area contributed by atoms with Crippen molar-refractivity contribution < 1.29 is 19.4 Å². The second-order valence-corrected chi connectivity index (χ2v) is 7.62. The highest BCUT2D eigenvalue weighted by atomic mass is 16.5. The minimum absolute atomic E-state index is 0.0921. The number of hydrogen-bond acceptors (Lipinski definition) is 5. The zero-order valence-corrected chi connectivity index (χ0v) is 17.8. The maximum absolute atomic E-state index is 13.1. The molecular weight excluding hydrogens is 420 g/mol. The van der Waals surface area contributed by atoms with Crippen molar-refractivity contribution in [3.63, 3.8) is 0 Å². The number of nitrogens with one attached hydrogen (secondary N) is 2. The summed E-state index contributed by atoms with van der Waals surface area (Å²) in [6.07, 6.45) is -3.01. The van der Waals surface area contributed by atoms with Crippen molar-refractivity contribution >= 4 is 29.0 Å². The van der Waals surface area contributed by atoms with E-state index < -0.39 is 24.0 Å². The Morgan fingerprint density at radius 3 is 2.45 bits per heavy atom. The molecule has 0 bridgehead atoms. The molecule has 1 aliphatic rings. The second-order valence-electron chi connectivity index (χ2n) is 7.62. The lowest BCUT2D eigenvalue weighted by Gasteiger charge is -2.34. The van der Waals surface area contributed by atoms with Crippen LogP contribution in [0.2, 0.25) is 0 Å². The average Bonchev–Trinajstić information content (AvgIpc) is 2.84. The topological polar surface area (TPSA) is 129 Å². The first-order valence-corrected chi connectivity index (χ1v) is 10.5. The van der Waals surface area contributed by atoms with Crippen molar-refractivity contribution in [3.05, 3.63) is 84.4 Å². The summed E-state index contributed by atoms with van der Waals surface area (Å²) in [4.78, 5) is 27.2. The number of amides is 2. The van der Waals surface area contributed by atoms with E-state index in [-0.39, 0.29) is 12.4 Å². The van der Waals surface area contributed by atoms with Gasteiger partial charge in [0.15, 0.2) is 12.2 Å². The number of nitrogens with zero attached hydrogens (tertiary/aromatic N) is 1. The van der Waals surface area contributed by atoms with E-state index in [9.17, 15) is 14.7 Å². The van der Waals surface area contributed by atoms with Gasteiger partial charge in [-0.1, -0.05) is 42.5 Å². The van der Waals surface area contributed by atoms with Crippen LogP contribution in [0.15, 0.2) is 78.9 Å². The maximum Gasteiger partial charge on any atom is 0.259 e. The summed E-state index contributed by atoms with van der Waals surface area (Å²) in [5.41, 5.74) is 8.98. The van der Waals surface area contributed by atoms with Crippen molar-refractivity contribution in [2.45, 2.75) is 12.2 Å². The van der Waals surface area contributed by atoms with Gasteiger partial charge in [-0.3, -0.25) is 15.0 Å². The van der Waals surface area contributed by atoms with E-state index in [0.29, 0.717) is 23.5 Å². The predicted molar refractivity (Wildman–Crippen MR) is 126 cm³/mol. The van der Waals surface area contributed by atoms with Crippen LogP contribution in [0.1, 0.15) is 5.56 Å². The number of morpholine rings is 1. The molecule has 33 heavy (non-hydrogen) atoms. The molecule has 0 aliphatic carbocycles. The van der Waals surface area contributed by atoms with Crippen LogP contribution in [0.3, 0.4) is 0 Å². The van der Waals surface area contributed by atoms with Gasteiger partial charge in [0.1, 0.15) is 5.84 Å². The third-order valence-electron chi connectivity index (χ3n) is 5.41. The summed E-state index contributed by atoms with van der Waals surface area (Å²) < 4.78 is 5.48. The molecule has 3 aromatic carbocycles. The van der Waals surface area contributed by atoms with Crippen molar-refractivity contribution in [3.8, 4) is 11.1 Å². The quantitative estimate of drug-likeness (QED) is 0.343. The van der Waals surface area contributed by atoms with Crippen molar-refractivity contribution in [2.75, 3.05) is 23.4 Å². The highest BCUT2D eigenvalue weighted by Gasteiger charge is 2.39. The number of nitrogens with two attached hydrogens (primary N) is 1. The van der Waals surface area contributed by atoms with Crippen LogP contribution in [0.25, 0.3) is 11.1 Å². The number of aliphatic hydroxyl groups excluding tert-OH is 1. The molecule has 0 saturated carbocycles. The lowest BCUT2D eigenvalue weighted by atomic mass is 10.0. The van der Waals surface area contributed by atoms with Crippen molar-refractivity contribution in [1.82, 2.24) is 0 Å². The number of rotatable bonds is 6. The number of carbonyl (C=O) groups is 2. The van der Waals surface area contributed by atoms with E-state index >= 15 is 0 Å². The van der Waals surface area contributed by atoms with Crippen molar-refractivity contribution in [1.29, 1.82) is 5.41 Å². The highest BCUT2D eigenvalue weighted by molar-refractivity contribution is 6.04. The van der Waals surface area contributed by atoms with E-state index in [1.54, 1.807) is 24.3 Å². The molecule has 5 N–H and O–H groups in total. The summed E-state index contributed by atoms with van der Waals surface area (Å²) in [5.74, 6) is -1.34. The molecule has 1 aliphatic heterocycles. The van der Waals surface area contributed by atoms with Gasteiger partial charge in [-0.25, -0.2) is 0 Å². The average molecular weight is 444 g/mol. The van der Waals surface area contributed by atoms with Crippen LogP contribution in [-0.4, -0.2) is 48.1 Å². The molecular formula is C25H24N4O4. The Kier molecular flexibility index (Phi) is 6.48. The van der Waals surface area contributed by atoms with E-state index in [4.69, 9.17) is 15.9 Å². The number of benzene rings is 3. The molecule has 0 aromatic heterocycles. The fourth-order valence-corrected chi connectivity index (χ4v) is 3.66. The summed E-state index contributed by atoms with van der Waals surface area (Å²) in [5, 5.41) is 20.6. The summed E-state index contributed by atoms with van der Waals surface area (Å²) >= 11 is 0. The van der Waals surface area contributed by atoms with Crippen LogP contribution in [0.4, 0.5) is 11.4 Å². The molecule has 168 valence electrons.